The molecule has 1 amide bonds. The molecule has 0 saturated heterocycles. The maximum atomic E-state index is 11.8. The smallest absolute Gasteiger partial charge is 0.226 e. The third-order valence-electron chi connectivity index (χ3n) is 2.53. The van der Waals surface area contributed by atoms with Crippen LogP contribution in [0, 0.1) is 0 Å². The highest BCUT2D eigenvalue weighted by atomic mass is 16.2. The third-order valence-corrected chi connectivity index (χ3v) is 2.53. The van der Waals surface area contributed by atoms with Gasteiger partial charge >= 0.3 is 0 Å². The van der Waals surface area contributed by atoms with Crippen LogP contribution in [0.4, 0.5) is 11.5 Å². The molecule has 2 N–H and O–H groups in total. The van der Waals surface area contributed by atoms with Gasteiger partial charge in [-0.3, -0.25) is 4.79 Å². The number of amides is 1. The number of carbonyl (C=O) groups excluding carboxylic acids is 1. The number of unbranched alkanes of at least 4 members (excludes halogenated alkanes) is 2. The van der Waals surface area contributed by atoms with Crippen molar-refractivity contribution in [2.45, 2.75) is 32.6 Å². The summed E-state index contributed by atoms with van der Waals surface area (Å²) in [6.07, 6.45) is 5.38. The Morgan fingerprint density at radius 1 is 1.44 bits per heavy atom. The van der Waals surface area contributed by atoms with Gasteiger partial charge in [-0.25, -0.2) is 4.98 Å². The lowest BCUT2D eigenvalue weighted by Gasteiger charge is -2.16. The van der Waals surface area contributed by atoms with Crippen LogP contribution in [0.5, 0.6) is 0 Å². The fraction of sp³-hybridized carbons (Fsp3) is 0.500. The lowest BCUT2D eigenvalue weighted by molar-refractivity contribution is -0.118. The van der Waals surface area contributed by atoms with E-state index < -0.39 is 0 Å². The van der Waals surface area contributed by atoms with Crippen molar-refractivity contribution in [1.29, 1.82) is 0 Å². The molecular weight excluding hydrogens is 202 g/mol. The summed E-state index contributed by atoms with van der Waals surface area (Å²) in [5.41, 5.74) is 6.27. The molecule has 0 spiro atoms. The molecule has 1 aromatic heterocycles. The molecule has 0 radical (unpaired) electrons. The van der Waals surface area contributed by atoms with Crippen molar-refractivity contribution in [3.05, 3.63) is 18.3 Å². The number of hydrogen-bond donors (Lipinski definition) is 1. The molecule has 4 heteroatoms. The Bertz CT molecular complexity index is 335. The van der Waals surface area contributed by atoms with Gasteiger partial charge in [0.25, 0.3) is 0 Å². The molecule has 0 bridgehead atoms. The zero-order valence-electron chi connectivity index (χ0n) is 9.94. The van der Waals surface area contributed by atoms with Crippen molar-refractivity contribution >= 4 is 17.4 Å². The van der Waals surface area contributed by atoms with Crippen LogP contribution in [-0.4, -0.2) is 17.9 Å². The van der Waals surface area contributed by atoms with E-state index in [9.17, 15) is 4.79 Å². The van der Waals surface area contributed by atoms with Crippen molar-refractivity contribution in [1.82, 2.24) is 4.98 Å². The average molecular weight is 221 g/mol. The first-order valence-corrected chi connectivity index (χ1v) is 5.63. The van der Waals surface area contributed by atoms with Crippen LogP contribution < -0.4 is 10.6 Å². The van der Waals surface area contributed by atoms with E-state index in [-0.39, 0.29) is 5.91 Å². The second-order valence-electron chi connectivity index (χ2n) is 3.85. The quantitative estimate of drug-likeness (QED) is 0.775. The maximum absolute atomic E-state index is 11.8. The summed E-state index contributed by atoms with van der Waals surface area (Å²) in [6.45, 7) is 2.12. The van der Waals surface area contributed by atoms with E-state index in [1.165, 1.54) is 0 Å². The minimum atomic E-state index is 0.125. The van der Waals surface area contributed by atoms with E-state index in [0.717, 1.165) is 24.9 Å². The summed E-state index contributed by atoms with van der Waals surface area (Å²) in [4.78, 5) is 17.4. The Labute approximate surface area is 96.5 Å². The van der Waals surface area contributed by atoms with Crippen LogP contribution in [0.25, 0.3) is 0 Å². The molecule has 1 aromatic rings. The highest BCUT2D eigenvalue weighted by Gasteiger charge is 2.10. The first-order chi connectivity index (χ1) is 7.65. The largest absolute Gasteiger partial charge is 0.384 e. The number of pyridine rings is 1. The monoisotopic (exact) mass is 221 g/mol. The van der Waals surface area contributed by atoms with Crippen LogP contribution in [-0.2, 0) is 4.79 Å². The van der Waals surface area contributed by atoms with Gasteiger partial charge in [0.05, 0.1) is 11.9 Å². The van der Waals surface area contributed by atoms with Crippen molar-refractivity contribution in [2.24, 2.45) is 0 Å². The molecule has 0 aliphatic heterocycles. The van der Waals surface area contributed by atoms with E-state index in [2.05, 4.69) is 11.9 Å². The Kier molecular flexibility index (Phi) is 4.76. The minimum Gasteiger partial charge on any atom is -0.384 e. The van der Waals surface area contributed by atoms with E-state index >= 15 is 0 Å². The topological polar surface area (TPSA) is 59.2 Å². The predicted octanol–water partition coefficient (Wildman–Crippen LogP) is 2.21. The standard InChI is InChI=1S/C12H19N3O/c1-3-4-5-6-12(16)15(2)10-7-8-11(13)14-9-10/h7-9H,3-6H2,1-2H3,(H2,13,14). The van der Waals surface area contributed by atoms with Crippen molar-refractivity contribution in [3.8, 4) is 0 Å². The fourth-order valence-corrected chi connectivity index (χ4v) is 1.43. The summed E-state index contributed by atoms with van der Waals surface area (Å²) in [7, 11) is 1.77. The van der Waals surface area contributed by atoms with Gasteiger partial charge in [-0.15, -0.1) is 0 Å². The first kappa shape index (κ1) is 12.5. The number of aromatic nitrogens is 1. The number of rotatable bonds is 5. The van der Waals surface area contributed by atoms with E-state index in [0.29, 0.717) is 12.2 Å². The minimum absolute atomic E-state index is 0.125. The van der Waals surface area contributed by atoms with Crippen molar-refractivity contribution in [3.63, 3.8) is 0 Å². The maximum Gasteiger partial charge on any atom is 0.226 e. The molecule has 4 nitrogen and oxygen atoms in total. The van der Waals surface area contributed by atoms with Gasteiger partial charge in [0.1, 0.15) is 5.82 Å². The van der Waals surface area contributed by atoms with E-state index in [1.54, 1.807) is 30.3 Å². The SMILES string of the molecule is CCCCCC(=O)N(C)c1ccc(N)nc1. The average Bonchev–Trinajstić information content (AvgIpc) is 2.29. The Balaban J connectivity index is 2.53. The highest BCUT2D eigenvalue weighted by molar-refractivity contribution is 5.92. The van der Waals surface area contributed by atoms with Crippen LogP contribution in [0.2, 0.25) is 0 Å². The second kappa shape index (κ2) is 6.10. The molecule has 0 atom stereocenters. The van der Waals surface area contributed by atoms with Gasteiger partial charge in [-0.2, -0.15) is 0 Å². The lowest BCUT2D eigenvalue weighted by Crippen LogP contribution is -2.25. The van der Waals surface area contributed by atoms with Gasteiger partial charge < -0.3 is 10.6 Å². The van der Waals surface area contributed by atoms with Crippen LogP contribution >= 0.6 is 0 Å². The second-order valence-corrected chi connectivity index (χ2v) is 3.85. The van der Waals surface area contributed by atoms with Gasteiger partial charge in [0.2, 0.25) is 5.91 Å². The summed E-state index contributed by atoms with van der Waals surface area (Å²) >= 11 is 0. The molecular formula is C12H19N3O. The van der Waals surface area contributed by atoms with Gasteiger partial charge in [-0.1, -0.05) is 19.8 Å². The van der Waals surface area contributed by atoms with Crippen molar-refractivity contribution < 1.29 is 4.79 Å². The molecule has 0 aliphatic carbocycles. The van der Waals surface area contributed by atoms with E-state index in [1.807, 2.05) is 0 Å². The number of nitrogen functional groups attached to an aromatic ring is 1. The van der Waals surface area contributed by atoms with Crippen molar-refractivity contribution in [2.75, 3.05) is 17.7 Å². The molecule has 0 aliphatic rings. The Morgan fingerprint density at radius 3 is 2.75 bits per heavy atom. The number of nitrogens with zero attached hydrogens (tertiary/aromatic N) is 2. The number of hydrogen-bond acceptors (Lipinski definition) is 3. The third kappa shape index (κ3) is 3.53. The van der Waals surface area contributed by atoms with Gasteiger partial charge in [0, 0.05) is 13.5 Å². The summed E-state index contributed by atoms with van der Waals surface area (Å²) in [5, 5.41) is 0. The number of carbonyl (C=O) groups is 1. The summed E-state index contributed by atoms with van der Waals surface area (Å²) in [6, 6.07) is 3.51. The van der Waals surface area contributed by atoms with Crippen LogP contribution in [0.3, 0.4) is 0 Å². The van der Waals surface area contributed by atoms with Gasteiger partial charge in [0.15, 0.2) is 0 Å². The number of nitrogens with two attached hydrogens (primary N) is 1. The lowest BCUT2D eigenvalue weighted by atomic mass is 10.2. The highest BCUT2D eigenvalue weighted by Crippen LogP contribution is 2.14. The molecule has 0 saturated carbocycles. The summed E-state index contributed by atoms with van der Waals surface area (Å²) in [5.74, 6) is 0.593. The Hall–Kier alpha value is -1.58. The molecule has 0 fully saturated rings. The van der Waals surface area contributed by atoms with E-state index in [4.69, 9.17) is 5.73 Å². The zero-order valence-corrected chi connectivity index (χ0v) is 9.94. The fourth-order valence-electron chi connectivity index (χ4n) is 1.43. The summed E-state index contributed by atoms with van der Waals surface area (Å²) < 4.78 is 0. The molecule has 0 unspecified atom stereocenters. The molecule has 88 valence electrons. The van der Waals surface area contributed by atoms with Crippen LogP contribution in [0.1, 0.15) is 32.6 Å². The van der Waals surface area contributed by atoms with Gasteiger partial charge in [-0.05, 0) is 18.6 Å². The molecule has 0 aromatic carbocycles. The molecule has 1 heterocycles. The Morgan fingerprint density at radius 2 is 2.19 bits per heavy atom. The number of anilines is 2. The molecule has 1 rings (SSSR count). The molecule has 16 heavy (non-hydrogen) atoms. The normalized spacial score (nSPS) is 10.1. The predicted molar refractivity (Wildman–Crippen MR) is 66.2 cm³/mol. The van der Waals surface area contributed by atoms with Crippen LogP contribution in [0.15, 0.2) is 18.3 Å². The zero-order chi connectivity index (χ0) is 12.0. The first-order valence-electron chi connectivity index (χ1n) is 5.63.